The number of carbonyl (C=O) groups excluding carboxylic acids is 1. The van der Waals surface area contributed by atoms with E-state index in [9.17, 15) is 4.79 Å². The molecule has 1 saturated heterocycles. The molecule has 0 unspecified atom stereocenters. The van der Waals surface area contributed by atoms with Crippen molar-refractivity contribution in [1.82, 2.24) is 14.7 Å². The Labute approximate surface area is 187 Å². The fourth-order valence-electron chi connectivity index (χ4n) is 3.73. The third-order valence-electron chi connectivity index (χ3n) is 5.91. The van der Waals surface area contributed by atoms with Crippen molar-refractivity contribution in [2.24, 2.45) is 0 Å². The Morgan fingerprint density at radius 2 is 1.71 bits per heavy atom. The standard InChI is InChI=1S/C26H36N4O/c1-27(2)14-17-29(4)25-11-7-10-23(20-25)26(31)13-12-22-8-5-6-9-24(22)21-30-18-15-28(3)16-19-30/h5-13,20H,14-19,21H2,1-4H3. The van der Waals surface area contributed by atoms with Gasteiger partial charge in [-0.1, -0.05) is 42.5 Å². The lowest BCUT2D eigenvalue weighted by atomic mass is 10.0. The molecule has 0 spiro atoms. The molecule has 1 aliphatic heterocycles. The normalized spacial score (nSPS) is 15.6. The second-order valence-corrected chi connectivity index (χ2v) is 8.75. The summed E-state index contributed by atoms with van der Waals surface area (Å²) in [6.07, 6.45) is 3.68. The molecule has 31 heavy (non-hydrogen) atoms. The van der Waals surface area contributed by atoms with Crippen LogP contribution in [0.5, 0.6) is 0 Å². The van der Waals surface area contributed by atoms with E-state index in [1.54, 1.807) is 6.08 Å². The van der Waals surface area contributed by atoms with Crippen LogP contribution in [0.2, 0.25) is 0 Å². The van der Waals surface area contributed by atoms with Crippen LogP contribution in [0, 0.1) is 0 Å². The van der Waals surface area contributed by atoms with Crippen LogP contribution < -0.4 is 4.90 Å². The van der Waals surface area contributed by atoms with Crippen molar-refractivity contribution in [1.29, 1.82) is 0 Å². The van der Waals surface area contributed by atoms with Crippen LogP contribution in [0.25, 0.3) is 6.08 Å². The van der Waals surface area contributed by atoms with Gasteiger partial charge >= 0.3 is 0 Å². The summed E-state index contributed by atoms with van der Waals surface area (Å²) in [6.45, 7) is 7.20. The van der Waals surface area contributed by atoms with Gasteiger partial charge in [0.15, 0.2) is 5.78 Å². The zero-order valence-electron chi connectivity index (χ0n) is 19.4. The van der Waals surface area contributed by atoms with Crippen LogP contribution in [0.15, 0.2) is 54.6 Å². The van der Waals surface area contributed by atoms with Gasteiger partial charge in [-0.2, -0.15) is 0 Å². The first-order valence-electron chi connectivity index (χ1n) is 11.1. The van der Waals surface area contributed by atoms with Crippen LogP contribution >= 0.6 is 0 Å². The number of hydrogen-bond acceptors (Lipinski definition) is 5. The highest BCUT2D eigenvalue weighted by atomic mass is 16.1. The molecule has 1 heterocycles. The van der Waals surface area contributed by atoms with Gasteiger partial charge in [-0.15, -0.1) is 0 Å². The highest BCUT2D eigenvalue weighted by molar-refractivity contribution is 6.07. The lowest BCUT2D eigenvalue weighted by molar-refractivity contribution is 0.104. The summed E-state index contributed by atoms with van der Waals surface area (Å²) in [5.74, 6) is 0.0391. The van der Waals surface area contributed by atoms with Gasteiger partial charge in [0.25, 0.3) is 0 Å². The topological polar surface area (TPSA) is 30.0 Å². The van der Waals surface area contributed by atoms with Crippen molar-refractivity contribution in [3.63, 3.8) is 0 Å². The highest BCUT2D eigenvalue weighted by Gasteiger charge is 2.15. The first-order valence-corrected chi connectivity index (χ1v) is 11.1. The van der Waals surface area contributed by atoms with Crippen molar-refractivity contribution in [3.05, 3.63) is 71.3 Å². The van der Waals surface area contributed by atoms with Gasteiger partial charge < -0.3 is 14.7 Å². The molecule has 1 fully saturated rings. The van der Waals surface area contributed by atoms with Crippen molar-refractivity contribution in [2.45, 2.75) is 6.54 Å². The Bertz CT molecular complexity index is 884. The molecule has 5 heteroatoms. The van der Waals surface area contributed by atoms with E-state index in [1.807, 2.05) is 30.3 Å². The van der Waals surface area contributed by atoms with E-state index in [0.29, 0.717) is 0 Å². The number of piperazine rings is 1. The third-order valence-corrected chi connectivity index (χ3v) is 5.91. The molecule has 0 saturated carbocycles. The Morgan fingerprint density at radius 1 is 0.968 bits per heavy atom. The van der Waals surface area contributed by atoms with E-state index in [-0.39, 0.29) is 5.78 Å². The average molecular weight is 421 g/mol. The van der Waals surface area contributed by atoms with Crippen LogP contribution in [-0.2, 0) is 6.54 Å². The van der Waals surface area contributed by atoms with E-state index in [1.165, 1.54) is 5.56 Å². The minimum absolute atomic E-state index is 0.0391. The molecule has 166 valence electrons. The number of carbonyl (C=O) groups is 1. The molecule has 0 aromatic heterocycles. The van der Waals surface area contributed by atoms with E-state index >= 15 is 0 Å². The summed E-state index contributed by atoms with van der Waals surface area (Å²) >= 11 is 0. The van der Waals surface area contributed by atoms with Gasteiger partial charge in [0.1, 0.15) is 0 Å². The fourth-order valence-corrected chi connectivity index (χ4v) is 3.73. The number of benzene rings is 2. The first kappa shape index (κ1) is 23.2. The molecule has 0 aliphatic carbocycles. The van der Waals surface area contributed by atoms with Crippen LogP contribution in [0.4, 0.5) is 5.69 Å². The number of nitrogens with zero attached hydrogens (tertiary/aromatic N) is 4. The monoisotopic (exact) mass is 420 g/mol. The number of ketones is 1. The smallest absolute Gasteiger partial charge is 0.185 e. The molecule has 1 aliphatic rings. The van der Waals surface area contributed by atoms with Gasteiger partial charge in [-0.3, -0.25) is 9.69 Å². The zero-order chi connectivity index (χ0) is 22.2. The molecule has 5 nitrogen and oxygen atoms in total. The predicted molar refractivity (Wildman–Crippen MR) is 131 cm³/mol. The van der Waals surface area contributed by atoms with Crippen LogP contribution in [0.1, 0.15) is 21.5 Å². The number of likely N-dealkylation sites (N-methyl/N-ethyl adjacent to an activating group) is 3. The number of allylic oxidation sites excluding steroid dienone is 1. The lowest BCUT2D eigenvalue weighted by Crippen LogP contribution is -2.43. The van der Waals surface area contributed by atoms with Gasteiger partial charge in [0, 0.05) is 64.1 Å². The van der Waals surface area contributed by atoms with Gasteiger partial charge in [-0.05, 0) is 50.5 Å². The van der Waals surface area contributed by atoms with Gasteiger partial charge in [0.2, 0.25) is 0 Å². The van der Waals surface area contributed by atoms with Gasteiger partial charge in [-0.25, -0.2) is 0 Å². The lowest BCUT2D eigenvalue weighted by Gasteiger charge is -2.32. The van der Waals surface area contributed by atoms with E-state index < -0.39 is 0 Å². The Balaban J connectivity index is 1.67. The zero-order valence-corrected chi connectivity index (χ0v) is 19.4. The van der Waals surface area contributed by atoms with Gasteiger partial charge in [0.05, 0.1) is 0 Å². The van der Waals surface area contributed by atoms with E-state index in [4.69, 9.17) is 0 Å². The number of rotatable bonds is 9. The molecule has 3 rings (SSSR count). The fraction of sp³-hybridized carbons (Fsp3) is 0.423. The molecular weight excluding hydrogens is 384 g/mol. The molecule has 0 atom stereocenters. The van der Waals surface area contributed by atoms with Crippen molar-refractivity contribution >= 4 is 17.5 Å². The predicted octanol–water partition coefficient (Wildman–Crippen LogP) is 3.33. The van der Waals surface area contributed by atoms with Crippen molar-refractivity contribution in [2.75, 3.05) is 72.4 Å². The summed E-state index contributed by atoms with van der Waals surface area (Å²) in [7, 11) is 8.38. The largest absolute Gasteiger partial charge is 0.373 e. The molecular formula is C26H36N4O. The van der Waals surface area contributed by atoms with Crippen molar-refractivity contribution in [3.8, 4) is 0 Å². The molecule has 2 aromatic rings. The maximum absolute atomic E-state index is 12.9. The second-order valence-electron chi connectivity index (χ2n) is 8.75. The maximum Gasteiger partial charge on any atom is 0.185 e. The highest BCUT2D eigenvalue weighted by Crippen LogP contribution is 2.18. The minimum atomic E-state index is 0.0391. The summed E-state index contributed by atoms with van der Waals surface area (Å²) in [6, 6.07) is 16.3. The maximum atomic E-state index is 12.9. The molecule has 0 N–H and O–H groups in total. The SMILES string of the molecule is CN(C)CCN(C)c1cccc(C(=O)C=Cc2ccccc2CN2CCN(C)CC2)c1. The number of anilines is 1. The minimum Gasteiger partial charge on any atom is -0.373 e. The average Bonchev–Trinajstić information content (AvgIpc) is 2.78. The van der Waals surface area contributed by atoms with Crippen molar-refractivity contribution < 1.29 is 4.79 Å². The molecule has 0 radical (unpaired) electrons. The van der Waals surface area contributed by atoms with E-state index in [0.717, 1.165) is 62.6 Å². The summed E-state index contributed by atoms with van der Waals surface area (Å²) in [5, 5.41) is 0. The van der Waals surface area contributed by atoms with Crippen LogP contribution in [0.3, 0.4) is 0 Å². The summed E-state index contributed by atoms with van der Waals surface area (Å²) < 4.78 is 0. The van der Waals surface area contributed by atoms with E-state index in [2.05, 4.69) is 72.1 Å². The second kappa shape index (κ2) is 11.2. The Hall–Kier alpha value is -2.47. The molecule has 2 aromatic carbocycles. The summed E-state index contributed by atoms with van der Waals surface area (Å²) in [4.78, 5) is 22.1. The Kier molecular flexibility index (Phi) is 8.41. The summed E-state index contributed by atoms with van der Waals surface area (Å²) in [5.41, 5.74) is 4.18. The van der Waals surface area contributed by atoms with Crippen LogP contribution in [-0.4, -0.2) is 87.9 Å². The molecule has 0 amide bonds. The first-order chi connectivity index (χ1) is 14.9. The number of hydrogen-bond donors (Lipinski definition) is 0. The third kappa shape index (κ3) is 7.03. The quantitative estimate of drug-likeness (QED) is 0.459. The Morgan fingerprint density at radius 3 is 2.45 bits per heavy atom. The molecule has 0 bridgehead atoms.